The number of aliphatic hydroxyl groups excluding tert-OH is 9. The molecule has 16 heteroatoms. The number of carbonyl (C=O) groups excluding carboxylic acids is 1. The third kappa shape index (κ3) is 6.08. The number of carbonyl (C=O) groups is 1. The van der Waals surface area contributed by atoms with Gasteiger partial charge in [-0.15, -0.1) is 0 Å². The van der Waals surface area contributed by atoms with Crippen molar-refractivity contribution in [1.29, 1.82) is 0 Å². The van der Waals surface area contributed by atoms with Gasteiger partial charge in [0.25, 0.3) is 0 Å². The Bertz CT molecular complexity index is 701. The lowest BCUT2D eigenvalue weighted by atomic mass is 9.95. The Morgan fingerprint density at radius 2 is 1.43 bits per heavy atom. The van der Waals surface area contributed by atoms with Crippen molar-refractivity contribution in [2.75, 3.05) is 19.8 Å². The van der Waals surface area contributed by atoms with Crippen LogP contribution in [0.2, 0.25) is 0 Å². The van der Waals surface area contributed by atoms with Gasteiger partial charge < -0.3 is 75.0 Å². The highest BCUT2D eigenvalue weighted by Crippen LogP contribution is 2.31. The maximum absolute atomic E-state index is 11.5. The number of rotatable bonds is 7. The molecule has 0 aromatic heterocycles. The van der Waals surface area contributed by atoms with Crippen LogP contribution in [-0.4, -0.2) is 158 Å². The summed E-state index contributed by atoms with van der Waals surface area (Å²) in [7, 11) is 0. The van der Waals surface area contributed by atoms with E-state index in [1.165, 1.54) is 0 Å². The Kier molecular flexibility index (Phi) is 9.74. The maximum Gasteiger partial charge on any atom is 0.217 e. The summed E-state index contributed by atoms with van der Waals surface area (Å²) >= 11 is 0. The Morgan fingerprint density at radius 3 is 2.03 bits per heavy atom. The van der Waals surface area contributed by atoms with Crippen LogP contribution in [0.3, 0.4) is 0 Å². The molecule has 3 heterocycles. The van der Waals surface area contributed by atoms with Crippen molar-refractivity contribution in [3.8, 4) is 0 Å². The molecule has 0 aromatic rings. The van der Waals surface area contributed by atoms with E-state index < -0.39 is 112 Å². The minimum atomic E-state index is -1.81. The molecule has 0 saturated carbocycles. The van der Waals surface area contributed by atoms with Crippen LogP contribution in [0.1, 0.15) is 6.92 Å². The lowest BCUT2D eigenvalue weighted by molar-refractivity contribution is -0.377. The molecular formula is C19H33NO15. The molecule has 0 spiro atoms. The lowest BCUT2D eigenvalue weighted by Crippen LogP contribution is -2.68. The SMILES string of the molecule is CC(=O)N[C@@H]1[C@@H](O)[C@H](O[C@@H]2O[C@H](CO)[C@@H](O)[C@H](O)[C@@H]2O[C@@H]2OC[C@@H](O)[C@H](O)[C@H]2O)[C@@H](CO)O[C@H]1O. The molecule has 0 unspecified atom stereocenters. The first-order valence-corrected chi connectivity index (χ1v) is 11.0. The summed E-state index contributed by atoms with van der Waals surface area (Å²) in [6.07, 6.45) is -20.9. The van der Waals surface area contributed by atoms with Crippen LogP contribution in [0.5, 0.6) is 0 Å². The fourth-order valence-electron chi connectivity index (χ4n) is 4.16. The molecule has 1 amide bonds. The first-order valence-electron chi connectivity index (χ1n) is 11.0. The van der Waals surface area contributed by atoms with Crippen LogP contribution in [0, 0.1) is 0 Å². The van der Waals surface area contributed by atoms with Gasteiger partial charge >= 0.3 is 0 Å². The van der Waals surface area contributed by atoms with E-state index in [-0.39, 0.29) is 0 Å². The van der Waals surface area contributed by atoms with E-state index in [0.29, 0.717) is 0 Å². The highest BCUT2D eigenvalue weighted by atomic mass is 16.8. The van der Waals surface area contributed by atoms with Gasteiger partial charge in [0.05, 0.1) is 19.8 Å². The quantitative estimate of drug-likeness (QED) is 0.151. The molecule has 0 aliphatic carbocycles. The van der Waals surface area contributed by atoms with E-state index in [2.05, 4.69) is 5.32 Å². The van der Waals surface area contributed by atoms with Crippen LogP contribution in [0.4, 0.5) is 0 Å². The highest BCUT2D eigenvalue weighted by Gasteiger charge is 2.53. The Morgan fingerprint density at radius 1 is 0.800 bits per heavy atom. The monoisotopic (exact) mass is 515 g/mol. The van der Waals surface area contributed by atoms with E-state index in [0.717, 1.165) is 6.92 Å². The number of ether oxygens (including phenoxy) is 5. The minimum absolute atomic E-state index is 0.433. The lowest BCUT2D eigenvalue weighted by Gasteiger charge is -2.48. The van der Waals surface area contributed by atoms with Crippen molar-refractivity contribution in [2.24, 2.45) is 0 Å². The van der Waals surface area contributed by atoms with Gasteiger partial charge in [0.1, 0.15) is 67.1 Å². The molecule has 35 heavy (non-hydrogen) atoms. The summed E-state index contributed by atoms with van der Waals surface area (Å²) in [6, 6.07) is -1.38. The second kappa shape index (κ2) is 12.0. The topological polar surface area (TPSA) is 257 Å². The van der Waals surface area contributed by atoms with Gasteiger partial charge in [-0.25, -0.2) is 0 Å². The third-order valence-electron chi connectivity index (χ3n) is 6.10. The summed E-state index contributed by atoms with van der Waals surface area (Å²) in [4.78, 5) is 11.5. The summed E-state index contributed by atoms with van der Waals surface area (Å²) in [6.45, 7) is -0.824. The molecule has 0 aromatic carbocycles. The molecule has 0 bridgehead atoms. The molecular weight excluding hydrogens is 482 g/mol. The second-order valence-electron chi connectivity index (χ2n) is 8.62. The molecule has 0 radical (unpaired) electrons. The fourth-order valence-corrected chi connectivity index (χ4v) is 4.16. The molecule has 204 valence electrons. The largest absolute Gasteiger partial charge is 0.394 e. The summed E-state index contributed by atoms with van der Waals surface area (Å²) < 4.78 is 27.1. The van der Waals surface area contributed by atoms with Crippen LogP contribution >= 0.6 is 0 Å². The van der Waals surface area contributed by atoms with Crippen LogP contribution in [-0.2, 0) is 28.5 Å². The minimum Gasteiger partial charge on any atom is -0.394 e. The van der Waals surface area contributed by atoms with Crippen LogP contribution < -0.4 is 5.32 Å². The van der Waals surface area contributed by atoms with Gasteiger partial charge in [0, 0.05) is 6.92 Å². The number of hydrogen-bond acceptors (Lipinski definition) is 15. The fraction of sp³-hybridized carbons (Fsp3) is 0.947. The molecule has 3 aliphatic heterocycles. The van der Waals surface area contributed by atoms with E-state index in [9.17, 15) is 50.8 Å². The molecule has 16 nitrogen and oxygen atoms in total. The smallest absolute Gasteiger partial charge is 0.217 e. The third-order valence-corrected chi connectivity index (χ3v) is 6.10. The molecule has 3 saturated heterocycles. The Hall–Kier alpha value is -1.09. The summed E-state index contributed by atoms with van der Waals surface area (Å²) in [5, 5.41) is 93.0. The maximum atomic E-state index is 11.5. The van der Waals surface area contributed by atoms with E-state index in [1.807, 2.05) is 0 Å². The van der Waals surface area contributed by atoms with Gasteiger partial charge in [-0.2, -0.15) is 0 Å². The summed E-state index contributed by atoms with van der Waals surface area (Å²) in [5.74, 6) is -0.615. The molecule has 3 aliphatic rings. The van der Waals surface area contributed by atoms with Gasteiger partial charge in [-0.05, 0) is 0 Å². The summed E-state index contributed by atoms with van der Waals surface area (Å²) in [5.41, 5.74) is 0. The predicted octanol–water partition coefficient (Wildman–Crippen LogP) is -6.79. The van der Waals surface area contributed by atoms with Gasteiger partial charge in [0.2, 0.25) is 5.91 Å². The molecule has 10 N–H and O–H groups in total. The van der Waals surface area contributed by atoms with Crippen molar-refractivity contribution < 1.29 is 74.4 Å². The number of amides is 1. The zero-order valence-corrected chi connectivity index (χ0v) is 18.7. The number of nitrogens with one attached hydrogen (secondary N) is 1. The molecule has 3 fully saturated rings. The average Bonchev–Trinajstić information content (AvgIpc) is 2.82. The van der Waals surface area contributed by atoms with E-state index in [1.54, 1.807) is 0 Å². The van der Waals surface area contributed by atoms with Crippen molar-refractivity contribution in [1.82, 2.24) is 5.32 Å². The average molecular weight is 515 g/mol. The van der Waals surface area contributed by atoms with Crippen LogP contribution in [0.25, 0.3) is 0 Å². The van der Waals surface area contributed by atoms with Crippen molar-refractivity contribution in [2.45, 2.75) is 92.9 Å². The Balaban J connectivity index is 1.84. The predicted molar refractivity (Wildman–Crippen MR) is 107 cm³/mol. The van der Waals surface area contributed by atoms with E-state index >= 15 is 0 Å². The zero-order chi connectivity index (χ0) is 26.0. The second-order valence-corrected chi connectivity index (χ2v) is 8.62. The first-order chi connectivity index (χ1) is 16.5. The van der Waals surface area contributed by atoms with Crippen molar-refractivity contribution in [3.05, 3.63) is 0 Å². The highest BCUT2D eigenvalue weighted by molar-refractivity contribution is 5.73. The number of aliphatic hydroxyl groups is 9. The van der Waals surface area contributed by atoms with Gasteiger partial charge in [-0.3, -0.25) is 4.79 Å². The van der Waals surface area contributed by atoms with Crippen molar-refractivity contribution in [3.63, 3.8) is 0 Å². The molecule has 14 atom stereocenters. The van der Waals surface area contributed by atoms with E-state index in [4.69, 9.17) is 23.7 Å². The van der Waals surface area contributed by atoms with Crippen molar-refractivity contribution >= 4 is 5.91 Å². The van der Waals surface area contributed by atoms with Gasteiger partial charge in [-0.1, -0.05) is 0 Å². The Labute approximate surface area is 199 Å². The zero-order valence-electron chi connectivity index (χ0n) is 18.7. The number of hydrogen-bond donors (Lipinski definition) is 10. The molecule has 3 rings (SSSR count). The van der Waals surface area contributed by atoms with Crippen LogP contribution in [0.15, 0.2) is 0 Å². The standard InChI is InChI=1S/C19H33NO15/c1-5(23)20-9-12(27)15(8(3-22)32-17(9)30)34-19-16(13(28)11(26)7(2-21)33-19)35-18-14(29)10(25)6(24)4-31-18/h6-19,21-22,24-30H,2-4H2,1H3,(H,20,23)/t6-,7-,8-,9-,10+,11-,12-,13+,14-,15-,16+,17-,18+,19+/m1/s1. The normalized spacial score (nSPS) is 49.0. The first kappa shape index (κ1) is 28.5. The van der Waals surface area contributed by atoms with Gasteiger partial charge in [0.15, 0.2) is 18.9 Å².